The van der Waals surface area contributed by atoms with E-state index in [0.717, 1.165) is 5.82 Å². The minimum atomic E-state index is 0.569. The second-order valence-corrected chi connectivity index (χ2v) is 4.70. The number of nitrogens with one attached hydrogen (secondary N) is 1. The van der Waals surface area contributed by atoms with Gasteiger partial charge in [-0.15, -0.1) is 0 Å². The molecule has 1 N–H and O–H groups in total. The molecule has 1 fully saturated rings. The van der Waals surface area contributed by atoms with Crippen LogP contribution in [0.25, 0.3) is 0 Å². The van der Waals surface area contributed by atoms with Gasteiger partial charge in [0.25, 0.3) is 0 Å². The van der Waals surface area contributed by atoms with Crippen LogP contribution in [0.4, 0.5) is 5.82 Å². The summed E-state index contributed by atoms with van der Waals surface area (Å²) in [5.41, 5.74) is 0. The van der Waals surface area contributed by atoms with Gasteiger partial charge >= 0.3 is 0 Å². The van der Waals surface area contributed by atoms with Crippen LogP contribution < -0.4 is 5.32 Å². The zero-order chi connectivity index (χ0) is 9.10. The molecule has 2 heterocycles. The Kier molecular flexibility index (Phi) is 2.68. The SMILES string of the molecule is CC1SCCC1Nc1ccncn1. The number of nitrogens with zero attached hydrogens (tertiary/aromatic N) is 2. The van der Waals surface area contributed by atoms with E-state index in [1.54, 1.807) is 12.5 Å². The van der Waals surface area contributed by atoms with E-state index in [1.807, 2.05) is 17.8 Å². The topological polar surface area (TPSA) is 37.8 Å². The van der Waals surface area contributed by atoms with Crippen molar-refractivity contribution in [1.82, 2.24) is 9.97 Å². The molecular weight excluding hydrogens is 182 g/mol. The van der Waals surface area contributed by atoms with Gasteiger partial charge < -0.3 is 5.32 Å². The number of hydrogen-bond donors (Lipinski definition) is 1. The van der Waals surface area contributed by atoms with E-state index >= 15 is 0 Å². The summed E-state index contributed by atoms with van der Waals surface area (Å²) in [6, 6.07) is 2.48. The van der Waals surface area contributed by atoms with Crippen LogP contribution in [0.5, 0.6) is 0 Å². The normalized spacial score (nSPS) is 27.5. The molecule has 0 saturated carbocycles. The van der Waals surface area contributed by atoms with Crippen LogP contribution in [-0.2, 0) is 0 Å². The van der Waals surface area contributed by atoms with E-state index in [2.05, 4.69) is 22.2 Å². The molecule has 1 aromatic heterocycles. The third kappa shape index (κ3) is 2.12. The van der Waals surface area contributed by atoms with Gasteiger partial charge in [0.15, 0.2) is 0 Å². The average Bonchev–Trinajstić information content (AvgIpc) is 2.54. The summed E-state index contributed by atoms with van der Waals surface area (Å²) in [5, 5.41) is 4.11. The smallest absolute Gasteiger partial charge is 0.129 e. The summed E-state index contributed by atoms with van der Waals surface area (Å²) in [7, 11) is 0. The summed E-state index contributed by atoms with van der Waals surface area (Å²) in [6.45, 7) is 2.26. The van der Waals surface area contributed by atoms with Crippen molar-refractivity contribution in [3.8, 4) is 0 Å². The highest BCUT2D eigenvalue weighted by molar-refractivity contribution is 8.00. The lowest BCUT2D eigenvalue weighted by molar-refractivity contribution is 0.719. The average molecular weight is 195 g/mol. The highest BCUT2D eigenvalue weighted by atomic mass is 32.2. The van der Waals surface area contributed by atoms with E-state index in [4.69, 9.17) is 0 Å². The van der Waals surface area contributed by atoms with Gasteiger partial charge in [0.2, 0.25) is 0 Å². The second kappa shape index (κ2) is 3.96. The Morgan fingerprint density at radius 3 is 3.15 bits per heavy atom. The molecule has 2 rings (SSSR count). The van der Waals surface area contributed by atoms with Crippen molar-refractivity contribution in [2.24, 2.45) is 0 Å². The fourth-order valence-corrected chi connectivity index (χ4v) is 2.69. The van der Waals surface area contributed by atoms with Crippen LogP contribution >= 0.6 is 11.8 Å². The Labute approximate surface area is 82.4 Å². The third-order valence-electron chi connectivity index (χ3n) is 2.29. The molecule has 1 aliphatic heterocycles. The molecule has 4 heteroatoms. The monoisotopic (exact) mass is 195 g/mol. The first-order chi connectivity index (χ1) is 6.36. The minimum absolute atomic E-state index is 0.569. The lowest BCUT2D eigenvalue weighted by atomic mass is 10.2. The van der Waals surface area contributed by atoms with Gasteiger partial charge in [0.05, 0.1) is 0 Å². The molecule has 1 aliphatic rings. The lowest BCUT2D eigenvalue weighted by Gasteiger charge is -2.16. The standard InChI is InChI=1S/C9H13N3S/c1-7-8(3-5-13-7)12-9-2-4-10-6-11-9/h2,4,6-8H,3,5H2,1H3,(H,10,11,12). The maximum absolute atomic E-state index is 4.15. The van der Waals surface area contributed by atoms with Crippen molar-refractivity contribution in [2.75, 3.05) is 11.1 Å². The molecule has 0 bridgehead atoms. The first kappa shape index (κ1) is 8.81. The highest BCUT2D eigenvalue weighted by Gasteiger charge is 2.23. The van der Waals surface area contributed by atoms with E-state index in [0.29, 0.717) is 11.3 Å². The fourth-order valence-electron chi connectivity index (χ4n) is 1.49. The lowest BCUT2D eigenvalue weighted by Crippen LogP contribution is -2.25. The van der Waals surface area contributed by atoms with Crippen molar-refractivity contribution < 1.29 is 0 Å². The molecule has 1 aromatic rings. The van der Waals surface area contributed by atoms with Crippen LogP contribution in [0.15, 0.2) is 18.6 Å². The first-order valence-electron chi connectivity index (χ1n) is 4.50. The largest absolute Gasteiger partial charge is 0.366 e. The second-order valence-electron chi connectivity index (χ2n) is 3.21. The van der Waals surface area contributed by atoms with Gasteiger partial charge in [-0.25, -0.2) is 9.97 Å². The van der Waals surface area contributed by atoms with Crippen LogP contribution in [-0.4, -0.2) is 27.0 Å². The van der Waals surface area contributed by atoms with Crippen molar-refractivity contribution >= 4 is 17.6 Å². The number of thioether (sulfide) groups is 1. The van der Waals surface area contributed by atoms with Gasteiger partial charge in [-0.1, -0.05) is 6.92 Å². The molecule has 0 radical (unpaired) electrons. The van der Waals surface area contributed by atoms with Gasteiger partial charge in [0, 0.05) is 17.5 Å². The minimum Gasteiger partial charge on any atom is -0.366 e. The van der Waals surface area contributed by atoms with Crippen LogP contribution in [0, 0.1) is 0 Å². The molecule has 0 aliphatic carbocycles. The number of anilines is 1. The van der Waals surface area contributed by atoms with E-state index in [9.17, 15) is 0 Å². The summed E-state index contributed by atoms with van der Waals surface area (Å²) >= 11 is 2.02. The predicted molar refractivity (Wildman–Crippen MR) is 56.0 cm³/mol. The molecule has 0 spiro atoms. The van der Waals surface area contributed by atoms with Gasteiger partial charge in [-0.3, -0.25) is 0 Å². The third-order valence-corrected chi connectivity index (χ3v) is 3.62. The number of hydrogen-bond acceptors (Lipinski definition) is 4. The van der Waals surface area contributed by atoms with E-state index < -0.39 is 0 Å². The Morgan fingerprint density at radius 1 is 1.62 bits per heavy atom. The zero-order valence-electron chi connectivity index (χ0n) is 7.60. The van der Waals surface area contributed by atoms with Crippen molar-refractivity contribution in [2.45, 2.75) is 24.6 Å². The molecule has 0 amide bonds. The van der Waals surface area contributed by atoms with Crippen LogP contribution in [0.1, 0.15) is 13.3 Å². The van der Waals surface area contributed by atoms with E-state index in [-0.39, 0.29) is 0 Å². The van der Waals surface area contributed by atoms with Gasteiger partial charge in [-0.2, -0.15) is 11.8 Å². The fraction of sp³-hybridized carbons (Fsp3) is 0.556. The summed E-state index contributed by atoms with van der Waals surface area (Å²) in [6.07, 6.45) is 4.58. The van der Waals surface area contributed by atoms with Crippen molar-refractivity contribution in [3.63, 3.8) is 0 Å². The number of rotatable bonds is 2. The maximum Gasteiger partial charge on any atom is 0.129 e. The highest BCUT2D eigenvalue weighted by Crippen LogP contribution is 2.28. The molecule has 1 saturated heterocycles. The van der Waals surface area contributed by atoms with E-state index in [1.165, 1.54) is 12.2 Å². The predicted octanol–water partition coefficient (Wildman–Crippen LogP) is 1.78. The van der Waals surface area contributed by atoms with Crippen molar-refractivity contribution in [1.29, 1.82) is 0 Å². The molecular formula is C9H13N3S. The summed E-state index contributed by atoms with van der Waals surface area (Å²) in [5.74, 6) is 2.19. The summed E-state index contributed by atoms with van der Waals surface area (Å²) < 4.78 is 0. The Morgan fingerprint density at radius 2 is 2.54 bits per heavy atom. The molecule has 2 unspecified atom stereocenters. The van der Waals surface area contributed by atoms with Crippen LogP contribution in [0.2, 0.25) is 0 Å². The molecule has 2 atom stereocenters. The van der Waals surface area contributed by atoms with Gasteiger partial charge in [-0.05, 0) is 18.2 Å². The van der Waals surface area contributed by atoms with Gasteiger partial charge in [0.1, 0.15) is 12.1 Å². The van der Waals surface area contributed by atoms with Crippen molar-refractivity contribution in [3.05, 3.63) is 18.6 Å². The summed E-state index contributed by atoms with van der Waals surface area (Å²) in [4.78, 5) is 8.03. The molecule has 3 nitrogen and oxygen atoms in total. The number of aromatic nitrogens is 2. The molecule has 13 heavy (non-hydrogen) atoms. The maximum atomic E-state index is 4.15. The first-order valence-corrected chi connectivity index (χ1v) is 5.55. The Balaban J connectivity index is 1.98. The van der Waals surface area contributed by atoms with Crippen LogP contribution in [0.3, 0.4) is 0 Å². The Hall–Kier alpha value is -0.770. The molecule has 70 valence electrons. The Bertz CT molecular complexity index is 265. The zero-order valence-corrected chi connectivity index (χ0v) is 8.42. The molecule has 0 aromatic carbocycles. The quantitative estimate of drug-likeness (QED) is 0.780.